The Morgan fingerprint density at radius 2 is 1.91 bits per heavy atom. The zero-order valence-corrected chi connectivity index (χ0v) is 12.4. The predicted molar refractivity (Wildman–Crippen MR) is 84.0 cm³/mol. The van der Waals surface area contributed by atoms with Crippen molar-refractivity contribution in [3.05, 3.63) is 59.0 Å². The topological polar surface area (TPSA) is 44.1 Å². The van der Waals surface area contributed by atoms with Crippen LogP contribution >= 0.6 is 0 Å². The fourth-order valence-corrected chi connectivity index (χ4v) is 2.52. The number of hydrogen-bond donors (Lipinski definition) is 0. The summed E-state index contributed by atoms with van der Waals surface area (Å²) >= 11 is 0. The normalized spacial score (nSPS) is 11.1. The first-order valence-electron chi connectivity index (χ1n) is 7.02. The van der Waals surface area contributed by atoms with Crippen molar-refractivity contribution < 1.29 is 13.5 Å². The quantitative estimate of drug-likeness (QED) is 0.741. The Bertz CT molecular complexity index is 892. The SMILES string of the molecule is COc1ccc2c(c1)c(-c1ccccc1)nc(=O)n2CC(F)F. The van der Waals surface area contributed by atoms with Gasteiger partial charge in [0.15, 0.2) is 0 Å². The molecule has 2 aromatic carbocycles. The first kappa shape index (κ1) is 15.1. The summed E-state index contributed by atoms with van der Waals surface area (Å²) < 4.78 is 31.8. The summed E-state index contributed by atoms with van der Waals surface area (Å²) in [5.41, 5.74) is 0.911. The summed E-state index contributed by atoms with van der Waals surface area (Å²) in [4.78, 5) is 16.2. The van der Waals surface area contributed by atoms with E-state index < -0.39 is 18.7 Å². The van der Waals surface area contributed by atoms with Gasteiger partial charge in [-0.2, -0.15) is 4.98 Å². The fourth-order valence-electron chi connectivity index (χ4n) is 2.52. The second-order valence-corrected chi connectivity index (χ2v) is 4.99. The molecule has 0 saturated heterocycles. The Kier molecular flexibility index (Phi) is 4.06. The van der Waals surface area contributed by atoms with E-state index in [4.69, 9.17) is 4.74 Å². The minimum atomic E-state index is -2.64. The molecule has 0 amide bonds. The first-order chi connectivity index (χ1) is 11.1. The molecule has 0 unspecified atom stereocenters. The van der Waals surface area contributed by atoms with Crippen LogP contribution in [0.2, 0.25) is 0 Å². The Morgan fingerprint density at radius 1 is 1.17 bits per heavy atom. The van der Waals surface area contributed by atoms with Gasteiger partial charge in [0.2, 0.25) is 0 Å². The molecule has 0 aliphatic carbocycles. The van der Waals surface area contributed by atoms with Gasteiger partial charge in [0.1, 0.15) is 5.75 Å². The number of ether oxygens (including phenoxy) is 1. The molecule has 1 heterocycles. The smallest absolute Gasteiger partial charge is 0.348 e. The van der Waals surface area contributed by atoms with Gasteiger partial charge in [-0.15, -0.1) is 0 Å². The lowest BCUT2D eigenvalue weighted by atomic mass is 10.1. The maximum atomic E-state index is 12.8. The highest BCUT2D eigenvalue weighted by atomic mass is 19.3. The molecule has 6 heteroatoms. The molecule has 118 valence electrons. The van der Waals surface area contributed by atoms with E-state index >= 15 is 0 Å². The van der Waals surface area contributed by atoms with Gasteiger partial charge in [-0.05, 0) is 18.2 Å². The van der Waals surface area contributed by atoms with Crippen LogP contribution in [0.15, 0.2) is 53.3 Å². The Labute approximate surface area is 131 Å². The van der Waals surface area contributed by atoms with Gasteiger partial charge < -0.3 is 4.74 Å². The van der Waals surface area contributed by atoms with E-state index in [0.29, 0.717) is 22.3 Å². The fraction of sp³-hybridized carbons (Fsp3) is 0.176. The van der Waals surface area contributed by atoms with Crippen LogP contribution in [-0.4, -0.2) is 23.1 Å². The zero-order valence-electron chi connectivity index (χ0n) is 12.4. The van der Waals surface area contributed by atoms with Crippen molar-refractivity contribution in [3.8, 4) is 17.0 Å². The molecule has 0 radical (unpaired) electrons. The van der Waals surface area contributed by atoms with E-state index in [2.05, 4.69) is 4.98 Å². The molecule has 3 aromatic rings. The van der Waals surface area contributed by atoms with E-state index in [0.717, 1.165) is 10.1 Å². The summed E-state index contributed by atoms with van der Waals surface area (Å²) in [6.07, 6.45) is -2.64. The number of halogens is 2. The molecule has 0 aliphatic heterocycles. The van der Waals surface area contributed by atoms with Crippen molar-refractivity contribution in [1.29, 1.82) is 0 Å². The molecule has 0 fully saturated rings. The maximum absolute atomic E-state index is 12.8. The molecule has 0 saturated carbocycles. The number of methoxy groups -OCH3 is 1. The Morgan fingerprint density at radius 3 is 2.57 bits per heavy atom. The second-order valence-electron chi connectivity index (χ2n) is 4.99. The maximum Gasteiger partial charge on any atom is 0.348 e. The molecular formula is C17H14F2N2O2. The summed E-state index contributed by atoms with van der Waals surface area (Å²) in [6, 6.07) is 14.1. The van der Waals surface area contributed by atoms with Crippen LogP contribution in [-0.2, 0) is 6.54 Å². The summed E-state index contributed by atoms with van der Waals surface area (Å²) in [6.45, 7) is -0.691. The van der Waals surface area contributed by atoms with Gasteiger partial charge >= 0.3 is 5.69 Å². The minimum absolute atomic E-state index is 0.407. The third-order valence-corrected chi connectivity index (χ3v) is 3.56. The van der Waals surface area contributed by atoms with Gasteiger partial charge in [-0.25, -0.2) is 13.6 Å². The molecule has 23 heavy (non-hydrogen) atoms. The van der Waals surface area contributed by atoms with Gasteiger partial charge in [0.05, 0.1) is 24.9 Å². The molecule has 0 atom stereocenters. The van der Waals surface area contributed by atoms with Crippen LogP contribution in [0.25, 0.3) is 22.2 Å². The van der Waals surface area contributed by atoms with Crippen LogP contribution < -0.4 is 10.4 Å². The van der Waals surface area contributed by atoms with E-state index in [1.165, 1.54) is 7.11 Å². The lowest BCUT2D eigenvalue weighted by molar-refractivity contribution is 0.126. The lowest BCUT2D eigenvalue weighted by Crippen LogP contribution is -2.26. The van der Waals surface area contributed by atoms with Gasteiger partial charge in [0, 0.05) is 10.9 Å². The van der Waals surface area contributed by atoms with Crippen molar-refractivity contribution >= 4 is 10.9 Å². The highest BCUT2D eigenvalue weighted by molar-refractivity contribution is 5.93. The summed E-state index contributed by atoms with van der Waals surface area (Å²) in [5.74, 6) is 0.568. The van der Waals surface area contributed by atoms with Crippen LogP contribution in [0.4, 0.5) is 8.78 Å². The van der Waals surface area contributed by atoms with Crippen molar-refractivity contribution in [2.24, 2.45) is 0 Å². The average Bonchev–Trinajstić information content (AvgIpc) is 2.57. The molecule has 4 nitrogen and oxygen atoms in total. The van der Waals surface area contributed by atoms with Crippen molar-refractivity contribution in [3.63, 3.8) is 0 Å². The van der Waals surface area contributed by atoms with E-state index in [9.17, 15) is 13.6 Å². The molecule has 0 bridgehead atoms. The highest BCUT2D eigenvalue weighted by Crippen LogP contribution is 2.28. The predicted octanol–water partition coefficient (Wildman–Crippen LogP) is 3.34. The van der Waals surface area contributed by atoms with Crippen LogP contribution in [0.5, 0.6) is 5.75 Å². The third kappa shape index (κ3) is 2.92. The standard InChI is InChI=1S/C17H14F2N2O2/c1-23-12-7-8-14-13(9-12)16(11-5-3-2-4-6-11)20-17(22)21(14)10-15(18)19/h2-9,15H,10H2,1H3. The molecule has 3 rings (SSSR count). The summed E-state index contributed by atoms with van der Waals surface area (Å²) in [7, 11) is 1.52. The Balaban J connectivity index is 2.35. The number of alkyl halides is 2. The van der Waals surface area contributed by atoms with Gasteiger partial charge in [-0.1, -0.05) is 30.3 Å². The number of hydrogen-bond acceptors (Lipinski definition) is 3. The van der Waals surface area contributed by atoms with E-state index in [-0.39, 0.29) is 0 Å². The zero-order chi connectivity index (χ0) is 16.4. The summed E-state index contributed by atoms with van der Waals surface area (Å²) in [5, 5.41) is 0.593. The van der Waals surface area contributed by atoms with E-state index in [1.807, 2.05) is 30.3 Å². The van der Waals surface area contributed by atoms with Crippen molar-refractivity contribution in [1.82, 2.24) is 9.55 Å². The van der Waals surface area contributed by atoms with Crippen LogP contribution in [0.3, 0.4) is 0 Å². The average molecular weight is 316 g/mol. The van der Waals surface area contributed by atoms with Gasteiger partial charge in [0.25, 0.3) is 6.43 Å². The molecule has 0 N–H and O–H groups in total. The molecule has 0 aliphatic rings. The lowest BCUT2D eigenvalue weighted by Gasteiger charge is -2.13. The largest absolute Gasteiger partial charge is 0.497 e. The van der Waals surface area contributed by atoms with Crippen LogP contribution in [0, 0.1) is 0 Å². The second kappa shape index (κ2) is 6.16. The molecule has 1 aromatic heterocycles. The number of aromatic nitrogens is 2. The molecule has 0 spiro atoms. The van der Waals surface area contributed by atoms with Crippen molar-refractivity contribution in [2.75, 3.05) is 7.11 Å². The number of rotatable bonds is 4. The van der Waals surface area contributed by atoms with E-state index in [1.54, 1.807) is 18.2 Å². The number of benzene rings is 2. The van der Waals surface area contributed by atoms with Crippen LogP contribution in [0.1, 0.15) is 0 Å². The highest BCUT2D eigenvalue weighted by Gasteiger charge is 2.15. The minimum Gasteiger partial charge on any atom is -0.497 e. The molecular weight excluding hydrogens is 302 g/mol. The number of nitrogens with zero attached hydrogens (tertiary/aromatic N) is 2. The Hall–Kier alpha value is -2.76. The van der Waals surface area contributed by atoms with Crippen molar-refractivity contribution in [2.45, 2.75) is 13.0 Å². The first-order valence-corrected chi connectivity index (χ1v) is 7.02. The third-order valence-electron chi connectivity index (χ3n) is 3.56. The number of fused-ring (bicyclic) bond motifs is 1. The van der Waals surface area contributed by atoms with Gasteiger partial charge in [-0.3, -0.25) is 4.57 Å². The monoisotopic (exact) mass is 316 g/mol.